The summed E-state index contributed by atoms with van der Waals surface area (Å²) in [7, 11) is -1.71. The molecule has 0 heterocycles. The van der Waals surface area contributed by atoms with Gasteiger partial charge in [0.05, 0.1) is 6.61 Å². The first-order valence-electron chi connectivity index (χ1n) is 14.2. The van der Waals surface area contributed by atoms with Crippen LogP contribution in [0.2, 0.25) is 18.1 Å². The lowest BCUT2D eigenvalue weighted by molar-refractivity contribution is -0.142. The van der Waals surface area contributed by atoms with Gasteiger partial charge in [-0.1, -0.05) is 53.2 Å². The molecular formula is C30H52O3Si. The van der Waals surface area contributed by atoms with Gasteiger partial charge in [0.25, 0.3) is 0 Å². The lowest BCUT2D eigenvalue weighted by Gasteiger charge is -2.61. The number of hydrogen-bond acceptors (Lipinski definition) is 3. The quantitative estimate of drug-likeness (QED) is 0.222. The van der Waals surface area contributed by atoms with E-state index in [0.29, 0.717) is 34.5 Å². The maximum Gasteiger partial charge on any atom is 0.302 e. The standard InChI is InChI=1S/C30H52O3Si/c1-20(19-32-21(2)31)25-12-13-26-24-11-10-22-18-23(33-34(8,9)28(3,4)5)14-16-29(22,6)27(24)15-17-30(25,26)7/h12,20,22-24,26-27H,10-11,13-19H2,1-9H3/t20-,22?,23+,24+,26+,27+,29+,30-/m1/s1. The van der Waals surface area contributed by atoms with Crippen molar-refractivity contribution in [2.24, 2.45) is 40.4 Å². The van der Waals surface area contributed by atoms with Gasteiger partial charge in [0.15, 0.2) is 8.32 Å². The topological polar surface area (TPSA) is 35.5 Å². The molecule has 8 atom stereocenters. The third-order valence-electron chi connectivity index (χ3n) is 11.6. The monoisotopic (exact) mass is 488 g/mol. The molecule has 3 fully saturated rings. The number of rotatable bonds is 5. The first kappa shape index (κ1) is 26.4. The number of esters is 1. The summed E-state index contributed by atoms with van der Waals surface area (Å²) in [5.41, 5.74) is 2.37. The number of fused-ring (bicyclic) bond motifs is 5. The number of allylic oxidation sites excluding steroid dienone is 1. The van der Waals surface area contributed by atoms with Crippen molar-refractivity contribution in [2.75, 3.05) is 6.61 Å². The van der Waals surface area contributed by atoms with E-state index in [1.807, 2.05) is 0 Å². The molecule has 0 N–H and O–H groups in total. The van der Waals surface area contributed by atoms with E-state index in [2.05, 4.69) is 60.7 Å². The number of ether oxygens (including phenoxy) is 1. The fourth-order valence-electron chi connectivity index (χ4n) is 8.62. The highest BCUT2D eigenvalue weighted by atomic mass is 28.4. The van der Waals surface area contributed by atoms with Gasteiger partial charge in [-0.15, -0.1) is 0 Å². The van der Waals surface area contributed by atoms with Crippen LogP contribution < -0.4 is 0 Å². The summed E-state index contributed by atoms with van der Waals surface area (Å²) in [6.45, 7) is 21.5. The Labute approximate surface area is 211 Å². The number of carbonyl (C=O) groups excluding carboxylic acids is 1. The third-order valence-corrected chi connectivity index (χ3v) is 16.1. The van der Waals surface area contributed by atoms with Gasteiger partial charge in [0, 0.05) is 18.9 Å². The Morgan fingerprint density at radius 3 is 2.47 bits per heavy atom. The molecule has 0 radical (unpaired) electrons. The molecule has 0 aliphatic heterocycles. The van der Waals surface area contributed by atoms with Gasteiger partial charge in [0.2, 0.25) is 0 Å². The summed E-state index contributed by atoms with van der Waals surface area (Å²) >= 11 is 0. The highest BCUT2D eigenvalue weighted by molar-refractivity contribution is 6.74. The molecule has 34 heavy (non-hydrogen) atoms. The summed E-state index contributed by atoms with van der Waals surface area (Å²) in [6.07, 6.45) is 13.6. The summed E-state index contributed by atoms with van der Waals surface area (Å²) in [5, 5.41) is 0.291. The minimum atomic E-state index is -1.71. The molecule has 0 saturated heterocycles. The van der Waals surface area contributed by atoms with Gasteiger partial charge in [0.1, 0.15) is 0 Å². The molecule has 4 rings (SSSR count). The van der Waals surface area contributed by atoms with Crippen LogP contribution in [0.25, 0.3) is 0 Å². The molecule has 3 nitrogen and oxygen atoms in total. The highest BCUT2D eigenvalue weighted by Gasteiger charge is 2.59. The fourth-order valence-corrected chi connectivity index (χ4v) is 10.0. The Morgan fingerprint density at radius 1 is 1.12 bits per heavy atom. The lowest BCUT2D eigenvalue weighted by Crippen LogP contribution is -2.55. The second-order valence-electron chi connectivity index (χ2n) is 14.5. The molecule has 0 aromatic carbocycles. The third kappa shape index (κ3) is 4.48. The van der Waals surface area contributed by atoms with Crippen molar-refractivity contribution in [1.29, 1.82) is 0 Å². The van der Waals surface area contributed by atoms with Crippen molar-refractivity contribution in [2.45, 2.75) is 124 Å². The van der Waals surface area contributed by atoms with Gasteiger partial charge >= 0.3 is 5.97 Å². The molecule has 4 heteroatoms. The molecule has 1 unspecified atom stereocenters. The van der Waals surface area contributed by atoms with Crippen LogP contribution in [0.3, 0.4) is 0 Å². The van der Waals surface area contributed by atoms with Crippen LogP contribution in [-0.4, -0.2) is 27.0 Å². The Kier molecular flexibility index (Phi) is 7.04. The molecule has 0 aromatic rings. The van der Waals surface area contributed by atoms with E-state index in [4.69, 9.17) is 9.16 Å². The SMILES string of the molecule is CC(=O)OC[C@@H](C)C1=CC[C@H]2[C@@H]3CCC4C[C@@H](O[Si](C)(C)C(C)(C)C)CC[C@]4(C)[C@H]3CC[C@]12C. The van der Waals surface area contributed by atoms with Crippen LogP contribution in [0, 0.1) is 40.4 Å². The van der Waals surface area contributed by atoms with Crippen molar-refractivity contribution >= 4 is 14.3 Å². The van der Waals surface area contributed by atoms with Crippen molar-refractivity contribution in [3.05, 3.63) is 11.6 Å². The number of carbonyl (C=O) groups is 1. The van der Waals surface area contributed by atoms with E-state index in [0.717, 1.165) is 23.7 Å². The van der Waals surface area contributed by atoms with Gasteiger partial charge in [-0.2, -0.15) is 0 Å². The summed E-state index contributed by atoms with van der Waals surface area (Å²) in [6, 6.07) is 0. The van der Waals surface area contributed by atoms with E-state index >= 15 is 0 Å². The van der Waals surface area contributed by atoms with Gasteiger partial charge in [-0.3, -0.25) is 4.79 Å². The normalized spacial score (nSPS) is 41.1. The van der Waals surface area contributed by atoms with E-state index < -0.39 is 8.32 Å². The van der Waals surface area contributed by atoms with Crippen molar-refractivity contribution in [3.63, 3.8) is 0 Å². The Hall–Kier alpha value is -0.613. The minimum Gasteiger partial charge on any atom is -0.465 e. The first-order valence-corrected chi connectivity index (χ1v) is 17.1. The lowest BCUT2D eigenvalue weighted by atomic mass is 9.44. The second kappa shape index (κ2) is 9.05. The van der Waals surface area contributed by atoms with Crippen molar-refractivity contribution < 1.29 is 14.0 Å². The maximum atomic E-state index is 11.4. The molecule has 4 aliphatic rings. The van der Waals surface area contributed by atoms with E-state index in [1.54, 1.807) is 5.57 Å². The molecular weight excluding hydrogens is 436 g/mol. The van der Waals surface area contributed by atoms with Crippen molar-refractivity contribution in [3.8, 4) is 0 Å². The van der Waals surface area contributed by atoms with Gasteiger partial charge < -0.3 is 9.16 Å². The second-order valence-corrected chi connectivity index (χ2v) is 19.2. The summed E-state index contributed by atoms with van der Waals surface area (Å²) in [5.74, 6) is 3.51. The van der Waals surface area contributed by atoms with E-state index in [-0.39, 0.29) is 5.97 Å². The molecule has 0 spiro atoms. The zero-order valence-corrected chi connectivity index (χ0v) is 24.6. The predicted octanol–water partition coefficient (Wildman–Crippen LogP) is 8.16. The Balaban J connectivity index is 1.44. The van der Waals surface area contributed by atoms with Crippen molar-refractivity contribution in [1.82, 2.24) is 0 Å². The van der Waals surface area contributed by atoms with Crippen LogP contribution in [0.4, 0.5) is 0 Å². The summed E-state index contributed by atoms with van der Waals surface area (Å²) < 4.78 is 12.3. The molecule has 0 bridgehead atoms. The highest BCUT2D eigenvalue weighted by Crippen LogP contribution is 2.67. The zero-order chi connectivity index (χ0) is 25.1. The molecule has 0 amide bonds. The minimum absolute atomic E-state index is 0.157. The van der Waals surface area contributed by atoms with Crippen LogP contribution in [-0.2, 0) is 14.0 Å². The fraction of sp³-hybridized carbons (Fsp3) is 0.900. The summed E-state index contributed by atoms with van der Waals surface area (Å²) in [4.78, 5) is 11.4. The average molecular weight is 489 g/mol. The van der Waals surface area contributed by atoms with E-state index in [1.165, 1.54) is 58.3 Å². The van der Waals surface area contributed by atoms with Crippen LogP contribution in [0.1, 0.15) is 99.8 Å². The predicted molar refractivity (Wildman–Crippen MR) is 143 cm³/mol. The first-order chi connectivity index (χ1) is 15.7. The van der Waals surface area contributed by atoms with Gasteiger partial charge in [-0.05, 0) is 104 Å². The van der Waals surface area contributed by atoms with Crippen LogP contribution in [0.15, 0.2) is 11.6 Å². The molecule has 3 saturated carbocycles. The smallest absolute Gasteiger partial charge is 0.302 e. The number of hydrogen-bond donors (Lipinski definition) is 0. The van der Waals surface area contributed by atoms with Gasteiger partial charge in [-0.25, -0.2) is 0 Å². The Bertz CT molecular complexity index is 810. The molecule has 0 aromatic heterocycles. The van der Waals surface area contributed by atoms with Crippen LogP contribution >= 0.6 is 0 Å². The Morgan fingerprint density at radius 2 is 1.82 bits per heavy atom. The van der Waals surface area contributed by atoms with E-state index in [9.17, 15) is 4.79 Å². The zero-order valence-electron chi connectivity index (χ0n) is 23.6. The maximum absolute atomic E-state index is 11.4. The van der Waals surface area contributed by atoms with Crippen LogP contribution in [0.5, 0.6) is 0 Å². The average Bonchev–Trinajstić information content (AvgIpc) is 3.08. The molecule has 4 aliphatic carbocycles. The largest absolute Gasteiger partial charge is 0.465 e. The molecule has 194 valence electrons.